The number of rotatable bonds is 8. The predicted molar refractivity (Wildman–Crippen MR) is 128 cm³/mol. The molecule has 3 aromatic carbocycles. The van der Waals surface area contributed by atoms with E-state index in [1.807, 2.05) is 36.4 Å². The number of phenols is 1. The number of esters is 1. The normalized spacial score (nSPS) is 13.9. The van der Waals surface area contributed by atoms with Crippen LogP contribution >= 0.6 is 0 Å². The fraction of sp³-hybridized carbons (Fsp3) is 0.259. The number of hydrogen-bond acceptors (Lipinski definition) is 7. The van der Waals surface area contributed by atoms with Crippen molar-refractivity contribution in [3.63, 3.8) is 0 Å². The zero-order chi connectivity index (χ0) is 24.9. The minimum Gasteiger partial charge on any atom is -0.507 e. The molecule has 0 spiro atoms. The second kappa shape index (κ2) is 10.6. The Hall–Kier alpha value is -3.88. The zero-order valence-electron chi connectivity index (χ0n) is 19.2. The average Bonchev–Trinajstić information content (AvgIpc) is 3.20. The number of phenolic OH excluding ortho intramolecular Hbond substituents is 1. The van der Waals surface area contributed by atoms with Crippen LogP contribution in [-0.2, 0) is 9.47 Å². The molecule has 2 atom stereocenters. The van der Waals surface area contributed by atoms with Gasteiger partial charge in [-0.3, -0.25) is 0 Å². The first-order valence-corrected chi connectivity index (χ1v) is 11.3. The number of aliphatic hydroxyl groups is 2. The van der Waals surface area contributed by atoms with Crippen molar-refractivity contribution >= 4 is 12.1 Å². The van der Waals surface area contributed by atoms with Crippen molar-refractivity contribution in [1.82, 2.24) is 5.32 Å². The SMILES string of the molecule is COC(=O)c1cc(C(O)C(O)CCNC(=O)OCC2c3ccccc3-c3ccccc32)ccc1O. The van der Waals surface area contributed by atoms with Crippen LogP contribution in [0.15, 0.2) is 66.7 Å². The number of amides is 1. The lowest BCUT2D eigenvalue weighted by atomic mass is 9.98. The van der Waals surface area contributed by atoms with Gasteiger partial charge >= 0.3 is 12.1 Å². The number of nitrogens with one attached hydrogen (secondary N) is 1. The highest BCUT2D eigenvalue weighted by Gasteiger charge is 2.29. The first-order chi connectivity index (χ1) is 16.9. The standard InChI is InChI=1S/C27H27NO7/c1-34-26(32)21-14-16(10-11-23(21)29)25(31)24(30)12-13-28-27(33)35-15-22-19-8-4-2-6-17(19)18-7-3-5-9-20(18)22/h2-11,14,22,24-25,29-31H,12-13,15H2,1H3,(H,28,33). The van der Waals surface area contributed by atoms with E-state index < -0.39 is 24.3 Å². The number of alkyl carbamates (subject to hydrolysis) is 1. The van der Waals surface area contributed by atoms with Crippen LogP contribution in [0, 0.1) is 0 Å². The molecule has 0 saturated carbocycles. The smallest absolute Gasteiger partial charge is 0.407 e. The van der Waals surface area contributed by atoms with E-state index in [2.05, 4.69) is 22.2 Å². The number of fused-ring (bicyclic) bond motifs is 3. The lowest BCUT2D eigenvalue weighted by molar-refractivity contribution is 0.0135. The maximum absolute atomic E-state index is 12.3. The number of aromatic hydroxyl groups is 1. The van der Waals surface area contributed by atoms with Crippen LogP contribution < -0.4 is 5.32 Å². The summed E-state index contributed by atoms with van der Waals surface area (Å²) in [6.45, 7) is 0.242. The summed E-state index contributed by atoms with van der Waals surface area (Å²) in [5.74, 6) is -1.11. The summed E-state index contributed by atoms with van der Waals surface area (Å²) < 4.78 is 10.1. The van der Waals surface area contributed by atoms with E-state index in [1.54, 1.807) is 0 Å². The molecule has 0 fully saturated rings. The molecular weight excluding hydrogens is 450 g/mol. The molecule has 0 saturated heterocycles. The summed E-state index contributed by atoms with van der Waals surface area (Å²) in [7, 11) is 1.18. The van der Waals surface area contributed by atoms with E-state index in [4.69, 9.17) is 4.74 Å². The molecule has 0 heterocycles. The van der Waals surface area contributed by atoms with Crippen LogP contribution in [0.4, 0.5) is 4.79 Å². The number of aliphatic hydroxyl groups excluding tert-OH is 2. The Morgan fingerprint density at radius 1 is 0.971 bits per heavy atom. The van der Waals surface area contributed by atoms with Crippen LogP contribution in [0.3, 0.4) is 0 Å². The van der Waals surface area contributed by atoms with Crippen LogP contribution in [0.1, 0.15) is 45.5 Å². The molecule has 8 nitrogen and oxygen atoms in total. The topological polar surface area (TPSA) is 125 Å². The number of hydrogen-bond donors (Lipinski definition) is 4. The summed E-state index contributed by atoms with van der Waals surface area (Å²) in [4.78, 5) is 24.0. The summed E-state index contributed by atoms with van der Waals surface area (Å²) >= 11 is 0. The van der Waals surface area contributed by atoms with E-state index in [0.29, 0.717) is 0 Å². The number of methoxy groups -OCH3 is 1. The maximum atomic E-state index is 12.3. The van der Waals surface area contributed by atoms with E-state index in [0.717, 1.165) is 22.3 Å². The highest BCUT2D eigenvalue weighted by molar-refractivity contribution is 5.92. The molecule has 4 N–H and O–H groups in total. The lowest BCUT2D eigenvalue weighted by Gasteiger charge is -2.19. The zero-order valence-corrected chi connectivity index (χ0v) is 19.2. The van der Waals surface area contributed by atoms with Crippen molar-refractivity contribution in [2.75, 3.05) is 20.3 Å². The Morgan fingerprint density at radius 2 is 1.60 bits per heavy atom. The molecule has 0 aliphatic heterocycles. The second-order valence-electron chi connectivity index (χ2n) is 8.32. The Morgan fingerprint density at radius 3 is 2.23 bits per heavy atom. The molecule has 0 aromatic heterocycles. The summed E-state index contributed by atoms with van der Waals surface area (Å²) in [5.41, 5.74) is 4.61. The Balaban J connectivity index is 1.29. The molecule has 1 amide bonds. The average molecular weight is 478 g/mol. The molecule has 1 aliphatic rings. The van der Waals surface area contributed by atoms with Gasteiger partial charge in [0.2, 0.25) is 0 Å². The molecule has 1 aliphatic carbocycles. The van der Waals surface area contributed by atoms with Gasteiger partial charge in [0.25, 0.3) is 0 Å². The van der Waals surface area contributed by atoms with Crippen LogP contribution in [0.2, 0.25) is 0 Å². The number of benzene rings is 3. The van der Waals surface area contributed by atoms with Gasteiger partial charge in [-0.05, 0) is 46.4 Å². The fourth-order valence-corrected chi connectivity index (χ4v) is 4.36. The minimum absolute atomic E-state index is 0.0415. The first-order valence-electron chi connectivity index (χ1n) is 11.3. The molecule has 35 heavy (non-hydrogen) atoms. The van der Waals surface area contributed by atoms with Gasteiger partial charge in [-0.25, -0.2) is 9.59 Å². The van der Waals surface area contributed by atoms with Gasteiger partial charge < -0.3 is 30.1 Å². The van der Waals surface area contributed by atoms with E-state index in [9.17, 15) is 24.9 Å². The Labute approximate surface area is 202 Å². The third-order valence-electron chi connectivity index (χ3n) is 6.19. The molecule has 182 valence electrons. The van der Waals surface area contributed by atoms with Gasteiger partial charge in [0.1, 0.15) is 24.0 Å². The van der Waals surface area contributed by atoms with Crippen molar-refractivity contribution in [2.24, 2.45) is 0 Å². The second-order valence-corrected chi connectivity index (χ2v) is 8.32. The maximum Gasteiger partial charge on any atom is 0.407 e. The van der Waals surface area contributed by atoms with E-state index in [-0.39, 0.29) is 42.4 Å². The fourth-order valence-electron chi connectivity index (χ4n) is 4.36. The van der Waals surface area contributed by atoms with Gasteiger partial charge in [0, 0.05) is 12.5 Å². The Kier molecular flexibility index (Phi) is 7.33. The van der Waals surface area contributed by atoms with Crippen molar-refractivity contribution < 1.29 is 34.4 Å². The molecule has 8 heteroatoms. The lowest BCUT2D eigenvalue weighted by Crippen LogP contribution is -2.30. The van der Waals surface area contributed by atoms with Crippen LogP contribution in [0.5, 0.6) is 5.75 Å². The first kappa shape index (κ1) is 24.3. The summed E-state index contributed by atoms with van der Waals surface area (Å²) in [6, 6.07) is 20.0. The summed E-state index contributed by atoms with van der Waals surface area (Å²) in [6.07, 6.45) is -3.13. The van der Waals surface area contributed by atoms with Gasteiger partial charge in [-0.1, -0.05) is 54.6 Å². The van der Waals surface area contributed by atoms with Crippen molar-refractivity contribution in [3.8, 4) is 16.9 Å². The third-order valence-corrected chi connectivity index (χ3v) is 6.19. The largest absolute Gasteiger partial charge is 0.507 e. The highest BCUT2D eigenvalue weighted by atomic mass is 16.5. The van der Waals surface area contributed by atoms with Crippen LogP contribution in [-0.4, -0.2) is 53.7 Å². The summed E-state index contributed by atoms with van der Waals surface area (Å²) in [5, 5.41) is 33.2. The molecular formula is C27H27NO7. The number of carbonyl (C=O) groups is 2. The molecule has 0 radical (unpaired) electrons. The van der Waals surface area contributed by atoms with Gasteiger partial charge in [0.05, 0.1) is 13.2 Å². The van der Waals surface area contributed by atoms with Gasteiger partial charge in [0.15, 0.2) is 0 Å². The molecule has 2 unspecified atom stereocenters. The van der Waals surface area contributed by atoms with Crippen molar-refractivity contribution in [1.29, 1.82) is 0 Å². The number of ether oxygens (including phenoxy) is 2. The van der Waals surface area contributed by atoms with E-state index >= 15 is 0 Å². The highest BCUT2D eigenvalue weighted by Crippen LogP contribution is 2.44. The van der Waals surface area contributed by atoms with Gasteiger partial charge in [-0.2, -0.15) is 0 Å². The van der Waals surface area contributed by atoms with E-state index in [1.165, 1.54) is 25.3 Å². The molecule has 4 rings (SSSR count). The van der Waals surface area contributed by atoms with Crippen molar-refractivity contribution in [3.05, 3.63) is 89.0 Å². The van der Waals surface area contributed by atoms with Gasteiger partial charge in [-0.15, -0.1) is 0 Å². The van der Waals surface area contributed by atoms with Crippen LogP contribution in [0.25, 0.3) is 11.1 Å². The third kappa shape index (κ3) is 5.13. The predicted octanol–water partition coefficient (Wildman–Crippen LogP) is 3.50. The van der Waals surface area contributed by atoms with Crippen molar-refractivity contribution in [2.45, 2.75) is 24.5 Å². The molecule has 3 aromatic rings. The minimum atomic E-state index is -1.33. The Bertz CT molecular complexity index is 1180. The quantitative estimate of drug-likeness (QED) is 0.366. The number of carbonyl (C=O) groups excluding carboxylic acids is 2. The monoisotopic (exact) mass is 477 g/mol. The molecule has 0 bridgehead atoms.